The first kappa shape index (κ1) is 9.99. The Kier molecular flexibility index (Phi) is 2.78. The predicted octanol–water partition coefficient (Wildman–Crippen LogP) is 0.550. The molecule has 1 aliphatic heterocycles. The highest BCUT2D eigenvalue weighted by molar-refractivity contribution is 7.91. The molecule has 0 spiro atoms. The summed E-state index contributed by atoms with van der Waals surface area (Å²) in [6.45, 7) is 2.59. The number of rotatable bonds is 3. The highest BCUT2D eigenvalue weighted by Gasteiger charge is 2.40. The Labute approximate surface area is 74.3 Å². The summed E-state index contributed by atoms with van der Waals surface area (Å²) in [5.41, 5.74) is 5.52. The molecule has 1 atom stereocenters. The molecule has 72 valence electrons. The first-order chi connectivity index (χ1) is 5.54. The summed E-state index contributed by atoms with van der Waals surface area (Å²) >= 11 is 0. The van der Waals surface area contributed by atoms with Gasteiger partial charge in [-0.1, -0.05) is 13.3 Å². The van der Waals surface area contributed by atoms with Crippen LogP contribution in [0.4, 0.5) is 0 Å². The number of nitrogens with two attached hydrogens (primary N) is 1. The number of hydrogen-bond donors (Lipinski definition) is 1. The van der Waals surface area contributed by atoms with E-state index in [1.54, 1.807) is 0 Å². The largest absolute Gasteiger partial charge is 0.330 e. The summed E-state index contributed by atoms with van der Waals surface area (Å²) < 4.78 is 22.4. The van der Waals surface area contributed by atoms with Gasteiger partial charge in [0.1, 0.15) is 0 Å². The van der Waals surface area contributed by atoms with Crippen LogP contribution in [0.3, 0.4) is 0 Å². The standard InChI is InChI=1S/C8H17NO2S/c1-2-3-8(6-9)4-5-12(10,11)7-8/h2-7,9H2,1H3. The Morgan fingerprint density at radius 1 is 1.50 bits per heavy atom. The van der Waals surface area contributed by atoms with Gasteiger partial charge in [0.25, 0.3) is 0 Å². The molecule has 1 fully saturated rings. The quantitative estimate of drug-likeness (QED) is 0.708. The minimum atomic E-state index is -2.77. The van der Waals surface area contributed by atoms with Crippen LogP contribution in [0.15, 0.2) is 0 Å². The topological polar surface area (TPSA) is 60.2 Å². The lowest BCUT2D eigenvalue weighted by atomic mass is 9.83. The molecule has 0 saturated carbocycles. The van der Waals surface area contributed by atoms with Crippen LogP contribution in [-0.2, 0) is 9.84 Å². The number of sulfone groups is 1. The summed E-state index contributed by atoms with van der Waals surface area (Å²) in [7, 11) is -2.77. The average Bonchev–Trinajstić information content (AvgIpc) is 2.29. The molecule has 1 saturated heterocycles. The summed E-state index contributed by atoms with van der Waals surface area (Å²) in [4.78, 5) is 0. The predicted molar refractivity (Wildman–Crippen MR) is 49.7 cm³/mol. The van der Waals surface area contributed by atoms with Crippen LogP contribution in [0, 0.1) is 5.41 Å². The Balaban J connectivity index is 2.72. The number of hydrogen-bond acceptors (Lipinski definition) is 3. The Bertz CT molecular complexity index is 248. The van der Waals surface area contributed by atoms with Crippen molar-refractivity contribution < 1.29 is 8.42 Å². The maximum Gasteiger partial charge on any atom is 0.150 e. The van der Waals surface area contributed by atoms with Gasteiger partial charge in [-0.3, -0.25) is 0 Å². The normalized spacial score (nSPS) is 33.8. The van der Waals surface area contributed by atoms with E-state index in [4.69, 9.17) is 5.73 Å². The molecule has 0 aromatic carbocycles. The Morgan fingerprint density at radius 3 is 2.50 bits per heavy atom. The van der Waals surface area contributed by atoms with E-state index < -0.39 is 9.84 Å². The molecule has 2 N–H and O–H groups in total. The van der Waals surface area contributed by atoms with E-state index >= 15 is 0 Å². The van der Waals surface area contributed by atoms with Crippen molar-refractivity contribution in [3.8, 4) is 0 Å². The third-order valence-corrected chi connectivity index (χ3v) is 4.56. The molecule has 1 aliphatic rings. The van der Waals surface area contributed by atoms with E-state index in [-0.39, 0.29) is 5.41 Å². The van der Waals surface area contributed by atoms with Crippen molar-refractivity contribution >= 4 is 9.84 Å². The molecule has 0 bridgehead atoms. The minimum absolute atomic E-state index is 0.0897. The van der Waals surface area contributed by atoms with Gasteiger partial charge in [-0.15, -0.1) is 0 Å². The maximum absolute atomic E-state index is 11.2. The Morgan fingerprint density at radius 2 is 2.17 bits per heavy atom. The van der Waals surface area contributed by atoms with Crippen LogP contribution in [0.1, 0.15) is 26.2 Å². The van der Waals surface area contributed by atoms with E-state index in [1.807, 2.05) is 0 Å². The average molecular weight is 191 g/mol. The van der Waals surface area contributed by atoms with Gasteiger partial charge < -0.3 is 5.73 Å². The molecule has 0 radical (unpaired) electrons. The van der Waals surface area contributed by atoms with Crippen LogP contribution in [0.2, 0.25) is 0 Å². The first-order valence-corrected chi connectivity index (χ1v) is 6.26. The zero-order valence-electron chi connectivity index (χ0n) is 7.54. The molecule has 3 nitrogen and oxygen atoms in total. The molecular weight excluding hydrogens is 174 g/mol. The monoisotopic (exact) mass is 191 g/mol. The van der Waals surface area contributed by atoms with Gasteiger partial charge in [-0.05, 0) is 24.8 Å². The second-order valence-corrected chi connectivity index (χ2v) is 5.98. The fourth-order valence-corrected chi connectivity index (χ4v) is 4.20. The van der Waals surface area contributed by atoms with Gasteiger partial charge in [0.05, 0.1) is 11.5 Å². The van der Waals surface area contributed by atoms with Crippen molar-refractivity contribution in [2.24, 2.45) is 11.1 Å². The van der Waals surface area contributed by atoms with Gasteiger partial charge in [-0.2, -0.15) is 0 Å². The molecule has 0 amide bonds. The lowest BCUT2D eigenvalue weighted by Gasteiger charge is -2.24. The zero-order valence-corrected chi connectivity index (χ0v) is 8.36. The molecule has 1 rings (SSSR count). The lowest BCUT2D eigenvalue weighted by Crippen LogP contribution is -2.31. The molecule has 12 heavy (non-hydrogen) atoms. The smallest absolute Gasteiger partial charge is 0.150 e. The van der Waals surface area contributed by atoms with Gasteiger partial charge >= 0.3 is 0 Å². The zero-order chi connectivity index (χ0) is 9.24. The highest BCUT2D eigenvalue weighted by Crippen LogP contribution is 2.35. The second-order valence-electron chi connectivity index (χ2n) is 3.80. The van der Waals surface area contributed by atoms with Crippen LogP contribution < -0.4 is 5.73 Å². The second kappa shape index (κ2) is 3.34. The van der Waals surface area contributed by atoms with Crippen molar-refractivity contribution in [2.75, 3.05) is 18.1 Å². The highest BCUT2D eigenvalue weighted by atomic mass is 32.2. The van der Waals surface area contributed by atoms with E-state index in [2.05, 4.69) is 6.92 Å². The molecule has 0 aromatic heterocycles. The fourth-order valence-electron chi connectivity index (χ4n) is 1.97. The molecular formula is C8H17NO2S. The Hall–Kier alpha value is -0.0900. The molecule has 1 unspecified atom stereocenters. The van der Waals surface area contributed by atoms with E-state index in [9.17, 15) is 8.42 Å². The lowest BCUT2D eigenvalue weighted by molar-refractivity contribution is 0.315. The van der Waals surface area contributed by atoms with E-state index in [0.29, 0.717) is 18.1 Å². The molecule has 1 heterocycles. The third kappa shape index (κ3) is 1.98. The third-order valence-electron chi connectivity index (χ3n) is 2.68. The van der Waals surface area contributed by atoms with E-state index in [1.165, 1.54) is 0 Å². The van der Waals surface area contributed by atoms with Crippen molar-refractivity contribution in [1.82, 2.24) is 0 Å². The van der Waals surface area contributed by atoms with Crippen molar-refractivity contribution in [3.63, 3.8) is 0 Å². The summed E-state index contributed by atoms with van der Waals surface area (Å²) in [6, 6.07) is 0. The van der Waals surface area contributed by atoms with E-state index in [0.717, 1.165) is 19.3 Å². The van der Waals surface area contributed by atoms with Gasteiger partial charge in [-0.25, -0.2) is 8.42 Å². The summed E-state index contributed by atoms with van der Waals surface area (Å²) in [6.07, 6.45) is 2.73. The maximum atomic E-state index is 11.2. The molecule has 0 aliphatic carbocycles. The van der Waals surface area contributed by atoms with Crippen LogP contribution in [0.25, 0.3) is 0 Å². The van der Waals surface area contributed by atoms with Crippen molar-refractivity contribution in [3.05, 3.63) is 0 Å². The van der Waals surface area contributed by atoms with Crippen molar-refractivity contribution in [1.29, 1.82) is 0 Å². The first-order valence-electron chi connectivity index (χ1n) is 4.44. The van der Waals surface area contributed by atoms with Crippen molar-refractivity contribution in [2.45, 2.75) is 26.2 Å². The summed E-state index contributed by atoms with van der Waals surface area (Å²) in [5.74, 6) is 0.647. The van der Waals surface area contributed by atoms with Crippen LogP contribution >= 0.6 is 0 Å². The summed E-state index contributed by atoms with van der Waals surface area (Å²) in [5, 5.41) is 0. The van der Waals surface area contributed by atoms with Crippen LogP contribution in [0.5, 0.6) is 0 Å². The van der Waals surface area contributed by atoms with Gasteiger partial charge in [0, 0.05) is 0 Å². The SMILES string of the molecule is CCCC1(CN)CCS(=O)(=O)C1. The van der Waals surface area contributed by atoms with Gasteiger partial charge in [0.2, 0.25) is 0 Å². The molecule has 0 aromatic rings. The minimum Gasteiger partial charge on any atom is -0.330 e. The fraction of sp³-hybridized carbons (Fsp3) is 1.00. The van der Waals surface area contributed by atoms with Gasteiger partial charge in [0.15, 0.2) is 9.84 Å². The van der Waals surface area contributed by atoms with Crippen LogP contribution in [-0.4, -0.2) is 26.5 Å². The molecule has 4 heteroatoms.